The van der Waals surface area contributed by atoms with Crippen LogP contribution in [0.3, 0.4) is 0 Å². The molecule has 184 valence electrons. The van der Waals surface area contributed by atoms with Gasteiger partial charge in [0.2, 0.25) is 10.0 Å². The number of sulfonamides is 1. The topological polar surface area (TPSA) is 72.9 Å². The molecule has 0 saturated heterocycles. The van der Waals surface area contributed by atoms with Gasteiger partial charge in [0.25, 0.3) is 0 Å². The summed E-state index contributed by atoms with van der Waals surface area (Å²) < 4.78 is 55.5. The van der Waals surface area contributed by atoms with Crippen LogP contribution in [0.4, 0.5) is 14.5 Å². The maximum atomic E-state index is 14.4. The predicted molar refractivity (Wildman–Crippen MR) is 129 cm³/mol. The Hall–Kier alpha value is -3.01. The lowest BCUT2D eigenvalue weighted by atomic mass is 9.80. The average Bonchev–Trinajstić information content (AvgIpc) is 3.44. The molecule has 0 radical (unpaired) electrons. The first-order chi connectivity index (χ1) is 16.8. The molecular weight excluding hydrogens is 472 g/mol. The smallest absolute Gasteiger partial charge is 0.246 e. The Morgan fingerprint density at radius 3 is 2.60 bits per heavy atom. The van der Waals surface area contributed by atoms with Gasteiger partial charge < -0.3 is 10.5 Å². The molecule has 5 rings (SSSR count). The van der Waals surface area contributed by atoms with E-state index in [2.05, 4.69) is 18.4 Å². The Balaban J connectivity index is 1.44. The van der Waals surface area contributed by atoms with Crippen LogP contribution in [0.15, 0.2) is 88.1 Å². The summed E-state index contributed by atoms with van der Waals surface area (Å²) in [5.74, 6) is -1.11. The van der Waals surface area contributed by atoms with Gasteiger partial charge in [-0.15, -0.1) is 0 Å². The lowest BCUT2D eigenvalue weighted by Gasteiger charge is -2.32. The van der Waals surface area contributed by atoms with Gasteiger partial charge in [-0.25, -0.2) is 17.2 Å². The normalized spacial score (nSPS) is 21.6. The highest BCUT2D eigenvalue weighted by molar-refractivity contribution is 7.89. The summed E-state index contributed by atoms with van der Waals surface area (Å²) in [6.45, 7) is 1.82. The van der Waals surface area contributed by atoms with E-state index in [0.29, 0.717) is 0 Å². The van der Waals surface area contributed by atoms with Crippen molar-refractivity contribution in [3.8, 4) is 0 Å². The molecule has 2 aliphatic carbocycles. The molecule has 2 aromatic rings. The number of hydrazine groups is 1. The second-order valence-corrected chi connectivity index (χ2v) is 10.9. The summed E-state index contributed by atoms with van der Waals surface area (Å²) in [6, 6.07) is 11.6. The van der Waals surface area contributed by atoms with Gasteiger partial charge in [0.05, 0.1) is 18.0 Å². The highest BCUT2D eigenvalue weighted by Crippen LogP contribution is 2.48. The minimum atomic E-state index is -4.11. The van der Waals surface area contributed by atoms with Crippen molar-refractivity contribution in [1.29, 1.82) is 0 Å². The number of aliphatic hydroxyl groups excluding tert-OH is 1. The Bertz CT molecular complexity index is 1340. The number of fused-ring (bicyclic) bond motifs is 1. The van der Waals surface area contributed by atoms with Gasteiger partial charge in [0.15, 0.2) is 0 Å². The van der Waals surface area contributed by atoms with Crippen LogP contribution < -0.4 is 10.4 Å². The highest BCUT2D eigenvalue weighted by atomic mass is 32.2. The van der Waals surface area contributed by atoms with Crippen LogP contribution in [0.2, 0.25) is 0 Å². The zero-order valence-electron chi connectivity index (χ0n) is 19.3. The standard InChI is InChI=1S/C26H27F2N3O3S/c1-17-22-15-29-31(21-10-8-20(27)9-11-21)24(22)14-18-6-7-19(26(17)18)16-30(12-13-32)35(33,34)25-5-3-2-4-23(25)28/h2-5,8-11,14-15,17,19,29,32H,6-7,12-13,16H2,1H3/t17-,19+/m0/s1. The Morgan fingerprint density at radius 1 is 1.14 bits per heavy atom. The zero-order chi connectivity index (χ0) is 24.7. The molecule has 0 unspecified atom stereocenters. The Labute approximate surface area is 203 Å². The third kappa shape index (κ3) is 4.17. The maximum Gasteiger partial charge on any atom is 0.246 e. The maximum absolute atomic E-state index is 14.4. The van der Waals surface area contributed by atoms with Gasteiger partial charge in [0, 0.05) is 30.8 Å². The highest BCUT2D eigenvalue weighted by Gasteiger charge is 2.40. The second-order valence-electron chi connectivity index (χ2n) is 9.03. The molecule has 0 amide bonds. The average molecular weight is 500 g/mol. The number of nitrogens with one attached hydrogen (secondary N) is 1. The van der Waals surface area contributed by atoms with Crippen molar-refractivity contribution < 1.29 is 22.3 Å². The second kappa shape index (κ2) is 9.22. The molecule has 1 aliphatic heterocycles. The number of benzene rings is 2. The first-order valence-corrected chi connectivity index (χ1v) is 13.1. The van der Waals surface area contributed by atoms with Crippen molar-refractivity contribution in [2.45, 2.75) is 24.7 Å². The van der Waals surface area contributed by atoms with Gasteiger partial charge in [0.1, 0.15) is 16.5 Å². The van der Waals surface area contributed by atoms with E-state index >= 15 is 0 Å². The van der Waals surface area contributed by atoms with Crippen LogP contribution in [0.1, 0.15) is 19.8 Å². The molecule has 9 heteroatoms. The third-order valence-electron chi connectivity index (χ3n) is 7.02. The molecule has 1 heterocycles. The molecule has 0 fully saturated rings. The molecule has 2 aromatic carbocycles. The molecular formula is C26H27F2N3O3S. The number of anilines is 1. The lowest BCUT2D eigenvalue weighted by Crippen LogP contribution is -2.38. The summed E-state index contributed by atoms with van der Waals surface area (Å²) in [7, 11) is -4.11. The molecule has 2 N–H and O–H groups in total. The van der Waals surface area contributed by atoms with Crippen LogP contribution in [-0.4, -0.2) is 37.5 Å². The van der Waals surface area contributed by atoms with Crippen LogP contribution >= 0.6 is 0 Å². The van der Waals surface area contributed by atoms with Crippen molar-refractivity contribution in [2.24, 2.45) is 11.8 Å². The fraction of sp³-hybridized carbons (Fsp3) is 0.308. The van der Waals surface area contributed by atoms with Crippen molar-refractivity contribution >= 4 is 15.7 Å². The van der Waals surface area contributed by atoms with Gasteiger partial charge in [-0.1, -0.05) is 24.6 Å². The van der Waals surface area contributed by atoms with E-state index in [9.17, 15) is 22.3 Å². The van der Waals surface area contributed by atoms with E-state index in [-0.39, 0.29) is 42.2 Å². The van der Waals surface area contributed by atoms with E-state index in [1.165, 1.54) is 40.2 Å². The number of hydrogen-bond donors (Lipinski definition) is 2. The van der Waals surface area contributed by atoms with E-state index in [1.54, 1.807) is 12.1 Å². The van der Waals surface area contributed by atoms with Crippen LogP contribution in [0.25, 0.3) is 0 Å². The van der Waals surface area contributed by atoms with Crippen molar-refractivity contribution in [2.75, 3.05) is 24.7 Å². The number of rotatable bonds is 7. The largest absolute Gasteiger partial charge is 0.395 e. The van der Waals surface area contributed by atoms with Crippen molar-refractivity contribution in [1.82, 2.24) is 9.73 Å². The van der Waals surface area contributed by atoms with E-state index in [1.807, 2.05) is 11.2 Å². The number of hydrogen-bond acceptors (Lipinski definition) is 5. The van der Waals surface area contributed by atoms with E-state index in [0.717, 1.165) is 41.4 Å². The summed E-state index contributed by atoms with van der Waals surface area (Å²) >= 11 is 0. The summed E-state index contributed by atoms with van der Waals surface area (Å²) in [4.78, 5) is -0.378. The molecule has 35 heavy (non-hydrogen) atoms. The monoisotopic (exact) mass is 499 g/mol. The van der Waals surface area contributed by atoms with Crippen LogP contribution in [-0.2, 0) is 10.0 Å². The van der Waals surface area contributed by atoms with Gasteiger partial charge in [-0.3, -0.25) is 5.01 Å². The SMILES string of the molecule is C[C@H]1C2=CNN(c3ccc(F)cc3)C2=CC2=C1[C@@H](CN(CCO)S(=O)(=O)c1ccccc1F)CC2. The van der Waals surface area contributed by atoms with Crippen LogP contribution in [0, 0.1) is 23.5 Å². The lowest BCUT2D eigenvalue weighted by molar-refractivity contribution is 0.242. The molecule has 0 spiro atoms. The number of halogens is 2. The van der Waals surface area contributed by atoms with E-state index < -0.39 is 15.8 Å². The van der Waals surface area contributed by atoms with Gasteiger partial charge in [-0.2, -0.15) is 4.31 Å². The summed E-state index contributed by atoms with van der Waals surface area (Å²) in [5.41, 5.74) is 8.48. The quantitative estimate of drug-likeness (QED) is 0.600. The minimum absolute atomic E-state index is 0.0441. The number of nitrogens with zero attached hydrogens (tertiary/aromatic N) is 2. The first-order valence-electron chi connectivity index (χ1n) is 11.6. The zero-order valence-corrected chi connectivity index (χ0v) is 20.1. The van der Waals surface area contributed by atoms with Crippen LogP contribution in [0.5, 0.6) is 0 Å². The molecule has 6 nitrogen and oxygen atoms in total. The van der Waals surface area contributed by atoms with Crippen molar-refractivity contribution in [3.05, 3.63) is 94.9 Å². The fourth-order valence-electron chi connectivity index (χ4n) is 5.37. The predicted octanol–water partition coefficient (Wildman–Crippen LogP) is 4.10. The van der Waals surface area contributed by atoms with Gasteiger partial charge >= 0.3 is 0 Å². The third-order valence-corrected chi connectivity index (χ3v) is 8.91. The molecule has 0 aromatic heterocycles. The Morgan fingerprint density at radius 2 is 1.89 bits per heavy atom. The molecule has 3 aliphatic rings. The number of allylic oxidation sites excluding steroid dienone is 3. The summed E-state index contributed by atoms with van der Waals surface area (Å²) in [5, 5.41) is 11.5. The van der Waals surface area contributed by atoms with Crippen molar-refractivity contribution in [3.63, 3.8) is 0 Å². The summed E-state index contributed by atoms with van der Waals surface area (Å²) in [6.07, 6.45) is 5.61. The molecule has 0 bridgehead atoms. The first kappa shape index (κ1) is 23.7. The number of aliphatic hydroxyl groups is 1. The fourth-order valence-corrected chi connectivity index (χ4v) is 6.91. The molecule has 2 atom stereocenters. The Kier molecular flexibility index (Phi) is 6.25. The molecule has 0 saturated carbocycles. The van der Waals surface area contributed by atoms with Gasteiger partial charge in [-0.05, 0) is 66.8 Å². The minimum Gasteiger partial charge on any atom is -0.395 e. The van der Waals surface area contributed by atoms with E-state index in [4.69, 9.17) is 0 Å².